The molecular formula is C17H18BrFO. The van der Waals surface area contributed by atoms with Crippen molar-refractivity contribution in [2.45, 2.75) is 32.8 Å². The number of halogens is 2. The molecule has 20 heavy (non-hydrogen) atoms. The number of benzene rings is 2. The highest BCUT2D eigenvalue weighted by Gasteiger charge is 2.12. The van der Waals surface area contributed by atoms with Gasteiger partial charge in [0.15, 0.2) is 0 Å². The van der Waals surface area contributed by atoms with Crippen LogP contribution >= 0.6 is 15.9 Å². The summed E-state index contributed by atoms with van der Waals surface area (Å²) in [5, 5.41) is 10.2. The highest BCUT2D eigenvalue weighted by atomic mass is 79.9. The first-order chi connectivity index (χ1) is 9.45. The van der Waals surface area contributed by atoms with Gasteiger partial charge in [0, 0.05) is 10.9 Å². The molecule has 0 aromatic heterocycles. The molecule has 1 atom stereocenters. The summed E-state index contributed by atoms with van der Waals surface area (Å²) < 4.78 is 14.5. The molecule has 0 spiro atoms. The number of hydrogen-bond donors (Lipinski definition) is 1. The SMILES string of the molecule is Cc1ccc(C)c(CC(O)Cc2ccc(Br)cc2F)c1. The largest absolute Gasteiger partial charge is 0.392 e. The van der Waals surface area contributed by atoms with Crippen LogP contribution in [0.2, 0.25) is 0 Å². The van der Waals surface area contributed by atoms with Gasteiger partial charge < -0.3 is 5.11 Å². The highest BCUT2D eigenvalue weighted by molar-refractivity contribution is 9.10. The Hall–Kier alpha value is -1.19. The Morgan fingerprint density at radius 1 is 1.05 bits per heavy atom. The summed E-state index contributed by atoms with van der Waals surface area (Å²) in [7, 11) is 0. The van der Waals surface area contributed by atoms with Crippen LogP contribution in [0, 0.1) is 19.7 Å². The molecule has 1 nitrogen and oxygen atoms in total. The van der Waals surface area contributed by atoms with E-state index in [1.54, 1.807) is 12.1 Å². The zero-order chi connectivity index (χ0) is 14.7. The van der Waals surface area contributed by atoms with Crippen LogP contribution < -0.4 is 0 Å². The van der Waals surface area contributed by atoms with Crippen molar-refractivity contribution < 1.29 is 9.50 Å². The summed E-state index contributed by atoms with van der Waals surface area (Å²) in [6, 6.07) is 11.1. The molecule has 1 N–H and O–H groups in total. The van der Waals surface area contributed by atoms with Crippen molar-refractivity contribution in [2.24, 2.45) is 0 Å². The fourth-order valence-corrected chi connectivity index (χ4v) is 2.62. The summed E-state index contributed by atoms with van der Waals surface area (Å²) in [4.78, 5) is 0. The number of rotatable bonds is 4. The Balaban J connectivity index is 2.08. The lowest BCUT2D eigenvalue weighted by atomic mass is 9.97. The average Bonchev–Trinajstić information content (AvgIpc) is 2.37. The smallest absolute Gasteiger partial charge is 0.127 e. The summed E-state index contributed by atoms with van der Waals surface area (Å²) in [6.45, 7) is 4.06. The minimum atomic E-state index is -0.578. The number of hydrogen-bond acceptors (Lipinski definition) is 1. The molecule has 0 aliphatic heterocycles. The monoisotopic (exact) mass is 336 g/mol. The molecular weight excluding hydrogens is 319 g/mol. The van der Waals surface area contributed by atoms with Crippen molar-refractivity contribution in [2.75, 3.05) is 0 Å². The first-order valence-corrected chi connectivity index (χ1v) is 7.43. The second kappa shape index (κ2) is 6.51. The predicted octanol–water partition coefficient (Wildman–Crippen LogP) is 4.35. The molecule has 106 valence electrons. The molecule has 2 aromatic carbocycles. The molecule has 0 saturated heterocycles. The zero-order valence-corrected chi connectivity index (χ0v) is 13.2. The molecule has 3 heteroatoms. The molecule has 2 rings (SSSR count). The highest BCUT2D eigenvalue weighted by Crippen LogP contribution is 2.19. The number of aliphatic hydroxyl groups excluding tert-OH is 1. The van der Waals surface area contributed by atoms with E-state index in [1.165, 1.54) is 11.6 Å². The lowest BCUT2D eigenvalue weighted by molar-refractivity contribution is 0.174. The Morgan fingerprint density at radius 2 is 1.75 bits per heavy atom. The van der Waals surface area contributed by atoms with Crippen LogP contribution in [0.5, 0.6) is 0 Å². The Kier molecular flexibility index (Phi) is 4.95. The normalized spacial score (nSPS) is 12.4. The molecule has 0 fully saturated rings. The van der Waals surface area contributed by atoms with Crippen LogP contribution in [0.4, 0.5) is 4.39 Å². The van der Waals surface area contributed by atoms with Crippen LogP contribution in [-0.2, 0) is 12.8 Å². The van der Waals surface area contributed by atoms with E-state index < -0.39 is 6.10 Å². The van der Waals surface area contributed by atoms with E-state index in [0.717, 1.165) is 11.1 Å². The van der Waals surface area contributed by atoms with Crippen LogP contribution in [0.15, 0.2) is 40.9 Å². The molecule has 0 aliphatic carbocycles. The van der Waals surface area contributed by atoms with Gasteiger partial charge in [-0.15, -0.1) is 0 Å². The number of aryl methyl sites for hydroxylation is 2. The third-order valence-electron chi connectivity index (χ3n) is 3.43. The van der Waals surface area contributed by atoms with Crippen molar-refractivity contribution in [3.63, 3.8) is 0 Å². The summed E-state index contributed by atoms with van der Waals surface area (Å²) in [6.07, 6.45) is 0.293. The maximum Gasteiger partial charge on any atom is 0.127 e. The lowest BCUT2D eigenvalue weighted by Gasteiger charge is -2.14. The van der Waals surface area contributed by atoms with Gasteiger partial charge in [-0.3, -0.25) is 0 Å². The Labute approximate surface area is 127 Å². The van der Waals surface area contributed by atoms with Gasteiger partial charge in [0.2, 0.25) is 0 Å². The standard InChI is InChI=1S/C17H18BrFO/c1-11-3-4-12(2)14(7-11)9-16(20)8-13-5-6-15(18)10-17(13)19/h3-7,10,16,20H,8-9H2,1-2H3. The van der Waals surface area contributed by atoms with Gasteiger partial charge in [-0.1, -0.05) is 45.8 Å². The lowest BCUT2D eigenvalue weighted by Crippen LogP contribution is -2.15. The fraction of sp³-hybridized carbons (Fsp3) is 0.294. The van der Waals surface area contributed by atoms with E-state index in [-0.39, 0.29) is 5.82 Å². The van der Waals surface area contributed by atoms with Crippen molar-refractivity contribution in [1.29, 1.82) is 0 Å². The molecule has 0 radical (unpaired) electrons. The molecule has 0 heterocycles. The maximum atomic E-state index is 13.8. The van der Waals surface area contributed by atoms with Crippen LogP contribution in [-0.4, -0.2) is 11.2 Å². The molecule has 0 amide bonds. The van der Waals surface area contributed by atoms with Gasteiger partial charge in [0.05, 0.1) is 6.10 Å². The average molecular weight is 337 g/mol. The van der Waals surface area contributed by atoms with E-state index >= 15 is 0 Å². The molecule has 0 saturated carbocycles. The summed E-state index contributed by atoms with van der Waals surface area (Å²) >= 11 is 3.23. The third kappa shape index (κ3) is 3.90. The minimum absolute atomic E-state index is 0.278. The van der Waals surface area contributed by atoms with Gasteiger partial charge in [0.1, 0.15) is 5.82 Å². The van der Waals surface area contributed by atoms with E-state index in [1.807, 2.05) is 13.8 Å². The first-order valence-electron chi connectivity index (χ1n) is 6.64. The maximum absolute atomic E-state index is 13.8. The van der Waals surface area contributed by atoms with E-state index in [0.29, 0.717) is 22.9 Å². The molecule has 2 aromatic rings. The van der Waals surface area contributed by atoms with Crippen molar-refractivity contribution in [3.05, 3.63) is 68.9 Å². The quantitative estimate of drug-likeness (QED) is 0.879. The molecule has 0 aliphatic rings. The van der Waals surface area contributed by atoms with Crippen molar-refractivity contribution in [1.82, 2.24) is 0 Å². The fourth-order valence-electron chi connectivity index (χ4n) is 2.29. The van der Waals surface area contributed by atoms with Gasteiger partial charge in [0.25, 0.3) is 0 Å². The van der Waals surface area contributed by atoms with Crippen molar-refractivity contribution >= 4 is 15.9 Å². The molecule has 0 bridgehead atoms. The zero-order valence-electron chi connectivity index (χ0n) is 11.7. The van der Waals surface area contributed by atoms with Gasteiger partial charge >= 0.3 is 0 Å². The van der Waals surface area contributed by atoms with E-state index in [2.05, 4.69) is 34.1 Å². The van der Waals surface area contributed by atoms with E-state index in [4.69, 9.17) is 0 Å². The topological polar surface area (TPSA) is 20.2 Å². The summed E-state index contributed by atoms with van der Waals surface area (Å²) in [5.41, 5.74) is 4.00. The second-order valence-corrected chi connectivity index (χ2v) is 6.14. The molecule has 1 unspecified atom stereocenters. The number of aliphatic hydroxyl groups is 1. The van der Waals surface area contributed by atoms with Gasteiger partial charge in [-0.25, -0.2) is 4.39 Å². The third-order valence-corrected chi connectivity index (χ3v) is 3.92. The van der Waals surface area contributed by atoms with Crippen molar-refractivity contribution in [3.8, 4) is 0 Å². The summed E-state index contributed by atoms with van der Waals surface area (Å²) in [5.74, 6) is -0.278. The predicted molar refractivity (Wildman–Crippen MR) is 83.4 cm³/mol. The second-order valence-electron chi connectivity index (χ2n) is 5.23. The van der Waals surface area contributed by atoms with Crippen LogP contribution in [0.25, 0.3) is 0 Å². The minimum Gasteiger partial charge on any atom is -0.392 e. The van der Waals surface area contributed by atoms with Crippen LogP contribution in [0.3, 0.4) is 0 Å². The Morgan fingerprint density at radius 3 is 2.45 bits per heavy atom. The van der Waals surface area contributed by atoms with E-state index in [9.17, 15) is 9.50 Å². The van der Waals surface area contributed by atoms with Crippen LogP contribution in [0.1, 0.15) is 22.3 Å². The Bertz CT molecular complexity index is 610. The first kappa shape index (κ1) is 15.2. The van der Waals surface area contributed by atoms with Gasteiger partial charge in [-0.2, -0.15) is 0 Å². The van der Waals surface area contributed by atoms with Gasteiger partial charge in [-0.05, 0) is 49.1 Å².